The van der Waals surface area contributed by atoms with E-state index in [-0.39, 0.29) is 17.8 Å². The zero-order valence-corrected chi connectivity index (χ0v) is 13.6. The minimum atomic E-state index is -0.225. The van der Waals surface area contributed by atoms with Crippen molar-refractivity contribution in [2.45, 2.75) is 32.6 Å². The summed E-state index contributed by atoms with van der Waals surface area (Å²) in [5, 5.41) is 28.9. The van der Waals surface area contributed by atoms with Gasteiger partial charge in [-0.05, 0) is 35.6 Å². The highest BCUT2D eigenvalue weighted by Gasteiger charge is 2.23. The van der Waals surface area contributed by atoms with Crippen LogP contribution in [0.15, 0.2) is 36.4 Å². The van der Waals surface area contributed by atoms with Crippen LogP contribution in [0, 0.1) is 0 Å². The normalized spacial score (nSPS) is 12.0. The Morgan fingerprint density at radius 2 is 1.65 bits per heavy atom. The first-order valence-electron chi connectivity index (χ1n) is 7.70. The number of aliphatic hydroxyl groups excluding tert-OH is 1. The number of phenolic OH excluding ortho intramolecular Hbond substituents is 1. The lowest BCUT2D eigenvalue weighted by molar-refractivity contribution is 0.299. The third kappa shape index (κ3) is 2.92. The van der Waals surface area contributed by atoms with Crippen LogP contribution in [0.3, 0.4) is 0 Å². The molecule has 0 unspecified atom stereocenters. The fourth-order valence-electron chi connectivity index (χ4n) is 2.64. The number of benzene rings is 2. The molecule has 1 heterocycles. The Labute approximate surface area is 135 Å². The Morgan fingerprint density at radius 1 is 1.04 bits per heavy atom. The van der Waals surface area contributed by atoms with Crippen molar-refractivity contribution in [1.29, 1.82) is 0 Å². The number of aliphatic hydroxyl groups is 1. The van der Waals surface area contributed by atoms with E-state index in [4.69, 9.17) is 0 Å². The highest BCUT2D eigenvalue weighted by Crippen LogP contribution is 2.36. The molecule has 2 aromatic carbocycles. The zero-order chi connectivity index (χ0) is 16.6. The maximum Gasteiger partial charge on any atom is 0.146 e. The van der Waals surface area contributed by atoms with Crippen LogP contribution in [0.4, 0.5) is 0 Å². The fraction of sp³-hybridized carbons (Fsp3) is 0.333. The van der Waals surface area contributed by atoms with Crippen molar-refractivity contribution in [3.63, 3.8) is 0 Å². The zero-order valence-electron chi connectivity index (χ0n) is 13.6. The Hall–Kier alpha value is -2.40. The Morgan fingerprint density at radius 3 is 2.17 bits per heavy atom. The van der Waals surface area contributed by atoms with Crippen LogP contribution in [-0.2, 0) is 11.8 Å². The first-order chi connectivity index (χ1) is 10.9. The van der Waals surface area contributed by atoms with Gasteiger partial charge < -0.3 is 10.2 Å². The SMILES string of the molecule is CC(C)(C)c1cc(CCO)cc(-n2nc3ccccc3n2)c1O. The molecule has 3 aromatic rings. The van der Waals surface area contributed by atoms with Crippen LogP contribution in [0.1, 0.15) is 31.9 Å². The van der Waals surface area contributed by atoms with E-state index < -0.39 is 0 Å². The molecule has 0 saturated carbocycles. The van der Waals surface area contributed by atoms with Crippen LogP contribution >= 0.6 is 0 Å². The molecule has 2 N–H and O–H groups in total. The summed E-state index contributed by atoms with van der Waals surface area (Å²) >= 11 is 0. The monoisotopic (exact) mass is 311 g/mol. The third-order valence-electron chi connectivity index (χ3n) is 3.86. The number of aromatic hydroxyl groups is 1. The number of rotatable bonds is 3. The minimum Gasteiger partial charge on any atom is -0.505 e. The maximum absolute atomic E-state index is 10.7. The summed E-state index contributed by atoms with van der Waals surface area (Å²) < 4.78 is 0. The van der Waals surface area contributed by atoms with Crippen LogP contribution in [0.5, 0.6) is 5.75 Å². The lowest BCUT2D eigenvalue weighted by Gasteiger charge is -2.23. The lowest BCUT2D eigenvalue weighted by Crippen LogP contribution is -2.14. The Balaban J connectivity index is 2.22. The van der Waals surface area contributed by atoms with Gasteiger partial charge in [0, 0.05) is 12.2 Å². The molecular weight excluding hydrogens is 290 g/mol. The van der Waals surface area contributed by atoms with Crippen LogP contribution < -0.4 is 0 Å². The molecule has 0 bridgehead atoms. The smallest absolute Gasteiger partial charge is 0.146 e. The quantitative estimate of drug-likeness (QED) is 0.780. The van der Waals surface area contributed by atoms with Crippen molar-refractivity contribution in [3.8, 4) is 11.4 Å². The molecule has 120 valence electrons. The topological polar surface area (TPSA) is 71.2 Å². The largest absolute Gasteiger partial charge is 0.505 e. The summed E-state index contributed by atoms with van der Waals surface area (Å²) in [7, 11) is 0. The van der Waals surface area contributed by atoms with Crippen molar-refractivity contribution >= 4 is 11.0 Å². The molecule has 0 atom stereocenters. The summed E-state index contributed by atoms with van der Waals surface area (Å²) in [6, 6.07) is 11.4. The lowest BCUT2D eigenvalue weighted by atomic mass is 9.84. The van der Waals surface area contributed by atoms with Crippen molar-refractivity contribution < 1.29 is 10.2 Å². The highest BCUT2D eigenvalue weighted by atomic mass is 16.3. The van der Waals surface area contributed by atoms with Gasteiger partial charge in [-0.15, -0.1) is 15.0 Å². The van der Waals surface area contributed by atoms with Crippen molar-refractivity contribution in [1.82, 2.24) is 15.0 Å². The molecule has 0 aliphatic rings. The van der Waals surface area contributed by atoms with Gasteiger partial charge in [0.15, 0.2) is 0 Å². The minimum absolute atomic E-state index is 0.0578. The van der Waals surface area contributed by atoms with E-state index >= 15 is 0 Å². The molecule has 3 rings (SSSR count). The molecule has 0 radical (unpaired) electrons. The van der Waals surface area contributed by atoms with Gasteiger partial charge in [0.25, 0.3) is 0 Å². The average molecular weight is 311 g/mol. The van der Waals surface area contributed by atoms with Crippen molar-refractivity contribution in [3.05, 3.63) is 47.5 Å². The molecule has 23 heavy (non-hydrogen) atoms. The Kier molecular flexibility index (Phi) is 3.82. The molecule has 5 heteroatoms. The third-order valence-corrected chi connectivity index (χ3v) is 3.86. The summed E-state index contributed by atoms with van der Waals surface area (Å²) in [5.74, 6) is 0.180. The number of aromatic nitrogens is 3. The number of fused-ring (bicyclic) bond motifs is 1. The van der Waals surface area contributed by atoms with Gasteiger partial charge in [0.1, 0.15) is 22.5 Å². The predicted molar refractivity (Wildman–Crippen MR) is 90.0 cm³/mol. The molecule has 0 aliphatic carbocycles. The predicted octanol–water partition coefficient (Wildman–Crippen LogP) is 2.96. The summed E-state index contributed by atoms with van der Waals surface area (Å²) in [6.07, 6.45) is 0.525. The molecule has 0 saturated heterocycles. The van der Waals surface area contributed by atoms with E-state index in [2.05, 4.69) is 10.2 Å². The van der Waals surface area contributed by atoms with Crippen LogP contribution in [0.2, 0.25) is 0 Å². The van der Waals surface area contributed by atoms with Crippen LogP contribution in [-0.4, -0.2) is 31.8 Å². The highest BCUT2D eigenvalue weighted by molar-refractivity contribution is 5.73. The van der Waals surface area contributed by atoms with E-state index in [1.165, 1.54) is 4.80 Å². The van der Waals surface area contributed by atoms with Gasteiger partial charge in [0.2, 0.25) is 0 Å². The maximum atomic E-state index is 10.7. The summed E-state index contributed by atoms with van der Waals surface area (Å²) in [6.45, 7) is 6.19. The number of hydrogen-bond donors (Lipinski definition) is 2. The molecular formula is C18H21N3O2. The number of nitrogens with zero attached hydrogens (tertiary/aromatic N) is 3. The first kappa shape index (κ1) is 15.5. The fourth-order valence-corrected chi connectivity index (χ4v) is 2.64. The van der Waals surface area contributed by atoms with Gasteiger partial charge in [-0.3, -0.25) is 0 Å². The number of hydrogen-bond acceptors (Lipinski definition) is 4. The van der Waals surface area contributed by atoms with Crippen LogP contribution in [0.25, 0.3) is 16.7 Å². The molecule has 0 aliphatic heterocycles. The van der Waals surface area contributed by atoms with E-state index in [0.717, 1.165) is 22.2 Å². The van der Waals surface area contributed by atoms with Gasteiger partial charge >= 0.3 is 0 Å². The van der Waals surface area contributed by atoms with E-state index in [1.807, 2.05) is 57.2 Å². The molecule has 5 nitrogen and oxygen atoms in total. The first-order valence-corrected chi connectivity index (χ1v) is 7.70. The molecule has 1 aromatic heterocycles. The second-order valence-electron chi connectivity index (χ2n) is 6.71. The molecule has 0 fully saturated rings. The second kappa shape index (κ2) is 5.66. The van der Waals surface area contributed by atoms with Gasteiger partial charge in [0.05, 0.1) is 0 Å². The standard InChI is InChI=1S/C18H21N3O2/c1-18(2,3)13-10-12(8-9-22)11-16(17(13)23)21-19-14-6-4-5-7-15(14)20-21/h4-7,10-11,22-23H,8-9H2,1-3H3. The van der Waals surface area contributed by atoms with Crippen molar-refractivity contribution in [2.75, 3.05) is 6.61 Å². The molecule has 0 spiro atoms. The van der Waals surface area contributed by atoms with Gasteiger partial charge in [-0.25, -0.2) is 0 Å². The van der Waals surface area contributed by atoms with E-state index in [9.17, 15) is 10.2 Å². The average Bonchev–Trinajstić information content (AvgIpc) is 2.91. The second-order valence-corrected chi connectivity index (χ2v) is 6.71. The van der Waals surface area contributed by atoms with E-state index in [0.29, 0.717) is 12.1 Å². The van der Waals surface area contributed by atoms with Gasteiger partial charge in [-0.1, -0.05) is 39.0 Å². The van der Waals surface area contributed by atoms with E-state index in [1.54, 1.807) is 0 Å². The van der Waals surface area contributed by atoms with Gasteiger partial charge in [-0.2, -0.15) is 0 Å². The number of phenols is 1. The summed E-state index contributed by atoms with van der Waals surface area (Å²) in [4.78, 5) is 1.47. The summed E-state index contributed by atoms with van der Waals surface area (Å²) in [5.41, 5.74) is 3.63. The molecule has 0 amide bonds. The van der Waals surface area contributed by atoms with Crippen molar-refractivity contribution in [2.24, 2.45) is 0 Å². The Bertz CT molecular complexity index is 814.